The third-order valence-corrected chi connectivity index (χ3v) is 7.43. The summed E-state index contributed by atoms with van der Waals surface area (Å²) in [7, 11) is 0. The Bertz CT molecular complexity index is 1010. The average molecular weight is 489 g/mol. The molecule has 1 N–H and O–H groups in total. The second-order valence-corrected chi connectivity index (χ2v) is 11.8. The summed E-state index contributed by atoms with van der Waals surface area (Å²) >= 11 is 6.70. The van der Waals surface area contributed by atoms with Gasteiger partial charge in [0.15, 0.2) is 0 Å². The van der Waals surface area contributed by atoms with Crippen molar-refractivity contribution in [2.75, 3.05) is 13.1 Å². The molecular weight excluding hydrogens is 452 g/mol. The largest absolute Gasteiger partial charge is 0.480 e. The number of likely N-dealkylation sites (tertiary alicyclic amines) is 1. The fraction of sp³-hybridized carbons (Fsp3) is 0.593. The zero-order chi connectivity index (χ0) is 25.4. The summed E-state index contributed by atoms with van der Waals surface area (Å²) in [6.45, 7) is 12.9. The van der Waals surface area contributed by atoms with Crippen LogP contribution in [0.3, 0.4) is 0 Å². The molecule has 0 aliphatic carbocycles. The van der Waals surface area contributed by atoms with E-state index in [1.54, 1.807) is 4.90 Å². The summed E-state index contributed by atoms with van der Waals surface area (Å²) in [5.41, 5.74) is 2.96. The van der Waals surface area contributed by atoms with Gasteiger partial charge in [0, 0.05) is 36.0 Å². The van der Waals surface area contributed by atoms with E-state index in [0.717, 1.165) is 34.6 Å². The number of rotatable bonds is 7. The van der Waals surface area contributed by atoms with Gasteiger partial charge in [-0.25, -0.2) is 0 Å². The van der Waals surface area contributed by atoms with Crippen molar-refractivity contribution in [2.45, 2.75) is 78.7 Å². The Hall–Kier alpha value is -2.34. The highest BCUT2D eigenvalue weighted by atomic mass is 35.5. The monoisotopic (exact) mass is 488 g/mol. The van der Waals surface area contributed by atoms with Gasteiger partial charge in [0.2, 0.25) is 11.8 Å². The van der Waals surface area contributed by atoms with Crippen LogP contribution >= 0.6 is 11.6 Å². The second-order valence-electron chi connectivity index (χ2n) is 11.4. The van der Waals surface area contributed by atoms with Gasteiger partial charge < -0.3 is 14.9 Å². The van der Waals surface area contributed by atoms with E-state index in [9.17, 15) is 14.4 Å². The van der Waals surface area contributed by atoms with E-state index in [0.29, 0.717) is 0 Å². The molecule has 2 aliphatic rings. The Morgan fingerprint density at radius 1 is 1.24 bits per heavy atom. The van der Waals surface area contributed by atoms with E-state index in [1.807, 2.05) is 12.3 Å². The molecule has 0 unspecified atom stereocenters. The highest BCUT2D eigenvalue weighted by Gasteiger charge is 2.44. The second kappa shape index (κ2) is 9.73. The number of benzene rings is 1. The lowest BCUT2D eigenvalue weighted by molar-refractivity contribution is -0.142. The van der Waals surface area contributed by atoms with Crippen molar-refractivity contribution in [3.8, 4) is 0 Å². The summed E-state index contributed by atoms with van der Waals surface area (Å²) in [6, 6.07) is 5.84. The summed E-state index contributed by atoms with van der Waals surface area (Å²) in [5, 5.41) is 9.80. The summed E-state index contributed by atoms with van der Waals surface area (Å²) in [6.07, 6.45) is 4.26. The molecule has 2 atom stereocenters. The molecule has 0 spiro atoms. The first-order valence-corrected chi connectivity index (χ1v) is 12.4. The molecule has 1 aromatic carbocycles. The fourth-order valence-corrected chi connectivity index (χ4v) is 5.36. The molecule has 1 saturated heterocycles. The van der Waals surface area contributed by atoms with Crippen molar-refractivity contribution >= 4 is 29.4 Å². The standard InChI is InChI=1S/C27H37ClN2O4/c1-17(2)21-15-30(20-12-23(31)29(14-20)16-25(33)34)24(32)13-27(21,6)19-8-7-18(22(28)11-19)9-10-26(3,4)5/h7-8,11,15,17,20H,9-10,12-14,16H2,1-6H3,(H,33,34)/t20-,27+/m1/s1. The molecule has 2 amide bonds. The van der Waals surface area contributed by atoms with Crippen molar-refractivity contribution in [1.29, 1.82) is 0 Å². The fourth-order valence-electron chi connectivity index (χ4n) is 5.08. The lowest BCUT2D eigenvalue weighted by Crippen LogP contribution is -2.47. The van der Waals surface area contributed by atoms with Crippen molar-refractivity contribution in [1.82, 2.24) is 9.80 Å². The van der Waals surface area contributed by atoms with Crippen LogP contribution in [0.4, 0.5) is 0 Å². The molecule has 1 fully saturated rings. The van der Waals surface area contributed by atoms with Crippen LogP contribution in [0.15, 0.2) is 30.0 Å². The Labute approximate surface area is 207 Å². The van der Waals surface area contributed by atoms with E-state index in [-0.39, 0.29) is 55.1 Å². The lowest BCUT2D eigenvalue weighted by Gasteiger charge is -2.42. The number of carboxylic acids is 1. The zero-order valence-electron chi connectivity index (χ0n) is 21.2. The maximum absolute atomic E-state index is 13.3. The molecule has 2 heterocycles. The van der Waals surface area contributed by atoms with Crippen molar-refractivity contribution < 1.29 is 19.5 Å². The van der Waals surface area contributed by atoms with Gasteiger partial charge in [-0.3, -0.25) is 14.4 Å². The van der Waals surface area contributed by atoms with Gasteiger partial charge in [0.05, 0.1) is 6.04 Å². The number of hydrogen-bond acceptors (Lipinski definition) is 3. The summed E-state index contributed by atoms with van der Waals surface area (Å²) in [4.78, 5) is 39.7. The van der Waals surface area contributed by atoms with Gasteiger partial charge in [0.1, 0.15) is 6.54 Å². The molecular formula is C27H37ClN2O4. The number of carboxylic acid groups (broad SMARTS) is 1. The highest BCUT2D eigenvalue weighted by molar-refractivity contribution is 6.31. The molecule has 6 nitrogen and oxygen atoms in total. The third-order valence-electron chi connectivity index (χ3n) is 7.08. The molecule has 0 aromatic heterocycles. The first-order valence-electron chi connectivity index (χ1n) is 12.0. The van der Waals surface area contributed by atoms with Crippen molar-refractivity contribution in [2.24, 2.45) is 11.3 Å². The first-order chi connectivity index (χ1) is 15.7. The number of amides is 2. The normalized spacial score (nSPS) is 23.6. The maximum atomic E-state index is 13.3. The van der Waals surface area contributed by atoms with Crippen LogP contribution in [0.5, 0.6) is 0 Å². The first kappa shape index (κ1) is 26.3. The van der Waals surface area contributed by atoms with E-state index in [2.05, 4.69) is 53.7 Å². The summed E-state index contributed by atoms with van der Waals surface area (Å²) in [5.74, 6) is -1.17. The third kappa shape index (κ3) is 5.65. The molecule has 0 bridgehead atoms. The van der Waals surface area contributed by atoms with Crippen LogP contribution in [0.1, 0.15) is 71.9 Å². The van der Waals surface area contributed by atoms with Crippen molar-refractivity contribution in [3.63, 3.8) is 0 Å². The molecule has 186 valence electrons. The lowest BCUT2D eigenvalue weighted by atomic mass is 9.68. The SMILES string of the molecule is CC(C)C1=CN([C@@H]2CC(=O)N(CC(=O)O)C2)C(=O)C[C@@]1(C)c1ccc(CCC(C)(C)C)c(Cl)c1. The Kier molecular flexibility index (Phi) is 7.51. The number of aliphatic carboxylic acids is 1. The van der Waals surface area contributed by atoms with Crippen LogP contribution in [0, 0.1) is 11.3 Å². The number of hydrogen-bond donors (Lipinski definition) is 1. The van der Waals surface area contributed by atoms with Gasteiger partial charge in [-0.05, 0) is 46.9 Å². The van der Waals surface area contributed by atoms with Gasteiger partial charge in [-0.2, -0.15) is 0 Å². The van der Waals surface area contributed by atoms with Crippen LogP contribution in [-0.4, -0.2) is 51.8 Å². The number of halogens is 1. The van der Waals surface area contributed by atoms with Crippen LogP contribution in [0.2, 0.25) is 5.02 Å². The molecule has 0 radical (unpaired) electrons. The van der Waals surface area contributed by atoms with Gasteiger partial charge >= 0.3 is 5.97 Å². The minimum Gasteiger partial charge on any atom is -0.480 e. The summed E-state index contributed by atoms with van der Waals surface area (Å²) < 4.78 is 0. The number of carbonyl (C=O) groups excluding carboxylic acids is 2. The van der Waals surface area contributed by atoms with E-state index in [4.69, 9.17) is 16.7 Å². The molecule has 1 aromatic rings. The smallest absolute Gasteiger partial charge is 0.323 e. The quantitative estimate of drug-likeness (QED) is 0.583. The van der Waals surface area contributed by atoms with Gasteiger partial charge in [-0.15, -0.1) is 0 Å². The number of allylic oxidation sites excluding steroid dienone is 1. The minimum absolute atomic E-state index is 0.0604. The zero-order valence-corrected chi connectivity index (χ0v) is 21.9. The Morgan fingerprint density at radius 3 is 2.47 bits per heavy atom. The molecule has 0 saturated carbocycles. The van der Waals surface area contributed by atoms with Crippen LogP contribution in [-0.2, 0) is 26.2 Å². The maximum Gasteiger partial charge on any atom is 0.323 e. The Balaban J connectivity index is 1.90. The van der Waals surface area contributed by atoms with Crippen molar-refractivity contribution in [3.05, 3.63) is 46.1 Å². The van der Waals surface area contributed by atoms with Crippen LogP contribution in [0.25, 0.3) is 0 Å². The average Bonchev–Trinajstić information content (AvgIpc) is 3.05. The highest BCUT2D eigenvalue weighted by Crippen LogP contribution is 2.44. The molecule has 7 heteroatoms. The number of nitrogens with zero attached hydrogens (tertiary/aromatic N) is 2. The molecule has 2 aliphatic heterocycles. The Morgan fingerprint density at radius 2 is 1.91 bits per heavy atom. The minimum atomic E-state index is -1.05. The molecule has 34 heavy (non-hydrogen) atoms. The van der Waals surface area contributed by atoms with E-state index in [1.165, 1.54) is 4.90 Å². The topological polar surface area (TPSA) is 77.9 Å². The van der Waals surface area contributed by atoms with E-state index < -0.39 is 11.4 Å². The van der Waals surface area contributed by atoms with Crippen LogP contribution < -0.4 is 0 Å². The predicted octanol–water partition coefficient (Wildman–Crippen LogP) is 5.03. The predicted molar refractivity (Wildman–Crippen MR) is 134 cm³/mol. The molecule has 3 rings (SSSR count). The van der Waals surface area contributed by atoms with Gasteiger partial charge in [-0.1, -0.05) is 65.3 Å². The number of carbonyl (C=O) groups is 3. The van der Waals surface area contributed by atoms with E-state index >= 15 is 0 Å². The van der Waals surface area contributed by atoms with Gasteiger partial charge in [0.25, 0.3) is 0 Å². The number of aryl methyl sites for hydroxylation is 1.